The summed E-state index contributed by atoms with van der Waals surface area (Å²) in [6.45, 7) is 6.13. The molecule has 0 radical (unpaired) electrons. The molecule has 1 aromatic carbocycles. The van der Waals surface area contributed by atoms with E-state index in [1.54, 1.807) is 17.7 Å². The Labute approximate surface area is 181 Å². The van der Waals surface area contributed by atoms with Crippen molar-refractivity contribution in [3.8, 4) is 11.3 Å². The molecule has 0 spiro atoms. The van der Waals surface area contributed by atoms with Crippen LogP contribution in [-0.4, -0.2) is 20.7 Å². The number of aryl methyl sites for hydroxylation is 1. The fourth-order valence-corrected chi connectivity index (χ4v) is 2.97. The molecule has 0 unspecified atom stereocenters. The molecule has 29 heavy (non-hydrogen) atoms. The smallest absolute Gasteiger partial charge is 0.242 e. The summed E-state index contributed by atoms with van der Waals surface area (Å²) in [5, 5.41) is 7.77. The van der Waals surface area contributed by atoms with E-state index in [0.29, 0.717) is 28.2 Å². The number of furan rings is 1. The maximum atomic E-state index is 12.4. The van der Waals surface area contributed by atoms with Gasteiger partial charge in [0.1, 0.15) is 29.7 Å². The molecular formula is C20H25Cl2N5O2. The monoisotopic (exact) mass is 437 g/mol. The van der Waals surface area contributed by atoms with Gasteiger partial charge in [-0.05, 0) is 37.1 Å². The summed E-state index contributed by atoms with van der Waals surface area (Å²) < 4.78 is 7.36. The summed E-state index contributed by atoms with van der Waals surface area (Å²) >= 11 is 6.02. The predicted molar refractivity (Wildman–Crippen MR) is 115 cm³/mol. The van der Waals surface area contributed by atoms with E-state index in [9.17, 15) is 4.79 Å². The van der Waals surface area contributed by atoms with Gasteiger partial charge in [0.25, 0.3) is 0 Å². The Hall–Kier alpha value is -2.35. The number of hydrogen-bond donors (Lipinski definition) is 2. The largest absolute Gasteiger partial charge is 0.459 e. The lowest BCUT2D eigenvalue weighted by molar-refractivity contribution is -0.122. The highest BCUT2D eigenvalue weighted by molar-refractivity contribution is 6.30. The molecule has 1 atom stereocenters. The number of rotatable bonds is 7. The van der Waals surface area contributed by atoms with Crippen LogP contribution in [-0.2, 0) is 17.9 Å². The molecule has 7 nitrogen and oxygen atoms in total. The van der Waals surface area contributed by atoms with E-state index in [2.05, 4.69) is 15.4 Å². The number of carbonyl (C=O) groups excluding carboxylic acids is 1. The van der Waals surface area contributed by atoms with Gasteiger partial charge in [0.05, 0.1) is 12.6 Å². The zero-order valence-electron chi connectivity index (χ0n) is 16.6. The van der Waals surface area contributed by atoms with Crippen molar-refractivity contribution in [1.82, 2.24) is 20.1 Å². The third kappa shape index (κ3) is 5.82. The zero-order chi connectivity index (χ0) is 20.3. The number of benzene rings is 1. The fraction of sp³-hybridized carbons (Fsp3) is 0.350. The summed E-state index contributed by atoms with van der Waals surface area (Å²) in [4.78, 5) is 16.7. The molecule has 3 rings (SSSR count). The number of hydrogen-bond acceptors (Lipinski definition) is 5. The van der Waals surface area contributed by atoms with Crippen LogP contribution in [0, 0.1) is 12.8 Å². The number of nitrogens with two attached hydrogens (primary N) is 1. The fourth-order valence-electron chi connectivity index (χ4n) is 2.78. The van der Waals surface area contributed by atoms with Crippen LogP contribution in [0.15, 0.2) is 40.8 Å². The van der Waals surface area contributed by atoms with Gasteiger partial charge in [0.15, 0.2) is 0 Å². The van der Waals surface area contributed by atoms with Crippen LogP contribution in [0.1, 0.15) is 37.3 Å². The molecule has 0 aliphatic rings. The van der Waals surface area contributed by atoms with Gasteiger partial charge in [-0.1, -0.05) is 37.6 Å². The summed E-state index contributed by atoms with van der Waals surface area (Å²) in [6, 6.07) is 10.8. The highest BCUT2D eigenvalue weighted by Crippen LogP contribution is 2.24. The SMILES string of the molecule is Cc1nc([C@@H](N)C(C)C)n(CC(=O)NCc2ccc(-c3cccc(Cl)c3)o2)n1.Cl. The Kier molecular flexibility index (Phi) is 7.84. The van der Waals surface area contributed by atoms with Crippen molar-refractivity contribution in [2.24, 2.45) is 11.7 Å². The summed E-state index contributed by atoms with van der Waals surface area (Å²) in [5.41, 5.74) is 7.07. The topological polar surface area (TPSA) is 99.0 Å². The van der Waals surface area contributed by atoms with Crippen molar-refractivity contribution >= 4 is 29.9 Å². The van der Waals surface area contributed by atoms with Gasteiger partial charge in [-0.3, -0.25) is 4.79 Å². The summed E-state index contributed by atoms with van der Waals surface area (Å²) in [7, 11) is 0. The standard InChI is InChI=1S/C20H24ClN5O2.ClH/c1-12(2)19(22)20-24-13(3)25-26(20)11-18(27)23-10-16-7-8-17(28-16)14-5-4-6-15(21)9-14;/h4-9,12,19H,10-11,22H2,1-3H3,(H,23,27);1H/t19-;/m0./s1. The Morgan fingerprint density at radius 3 is 2.76 bits per heavy atom. The highest BCUT2D eigenvalue weighted by atomic mass is 35.5. The Balaban J connectivity index is 0.00000300. The first-order valence-electron chi connectivity index (χ1n) is 9.11. The normalized spacial score (nSPS) is 11.9. The lowest BCUT2D eigenvalue weighted by Gasteiger charge is -2.15. The molecule has 9 heteroatoms. The average molecular weight is 438 g/mol. The molecule has 3 N–H and O–H groups in total. The Morgan fingerprint density at radius 1 is 1.31 bits per heavy atom. The number of aromatic nitrogens is 3. The van der Waals surface area contributed by atoms with E-state index < -0.39 is 0 Å². The van der Waals surface area contributed by atoms with Crippen molar-refractivity contribution in [3.05, 3.63) is 58.8 Å². The number of nitrogens with one attached hydrogen (secondary N) is 1. The van der Waals surface area contributed by atoms with Crippen LogP contribution in [0.5, 0.6) is 0 Å². The first kappa shape index (κ1) is 22.9. The van der Waals surface area contributed by atoms with Gasteiger partial charge in [-0.15, -0.1) is 12.4 Å². The Bertz CT molecular complexity index is 967. The van der Waals surface area contributed by atoms with Crippen molar-refractivity contribution in [3.63, 3.8) is 0 Å². The van der Waals surface area contributed by atoms with E-state index in [-0.39, 0.29) is 43.4 Å². The number of amides is 1. The Morgan fingerprint density at radius 2 is 2.07 bits per heavy atom. The maximum absolute atomic E-state index is 12.4. The molecule has 0 aliphatic carbocycles. The molecule has 0 saturated carbocycles. The second kappa shape index (κ2) is 9.91. The number of nitrogens with zero attached hydrogens (tertiary/aromatic N) is 3. The van der Waals surface area contributed by atoms with Crippen LogP contribution in [0.25, 0.3) is 11.3 Å². The lowest BCUT2D eigenvalue weighted by atomic mass is 10.1. The number of carbonyl (C=O) groups is 1. The zero-order valence-corrected chi connectivity index (χ0v) is 18.1. The molecule has 3 aromatic rings. The highest BCUT2D eigenvalue weighted by Gasteiger charge is 2.20. The van der Waals surface area contributed by atoms with E-state index in [1.165, 1.54) is 0 Å². The summed E-state index contributed by atoms with van der Waals surface area (Å²) in [6.07, 6.45) is 0. The minimum atomic E-state index is -0.278. The van der Waals surface area contributed by atoms with E-state index in [1.807, 2.05) is 44.2 Å². The third-order valence-electron chi connectivity index (χ3n) is 4.35. The minimum Gasteiger partial charge on any atom is -0.459 e. The number of halogens is 2. The van der Waals surface area contributed by atoms with Crippen LogP contribution in [0.2, 0.25) is 5.02 Å². The molecule has 1 amide bonds. The van der Waals surface area contributed by atoms with Crippen LogP contribution in [0.4, 0.5) is 0 Å². The molecule has 0 bridgehead atoms. The van der Waals surface area contributed by atoms with Crippen LogP contribution < -0.4 is 11.1 Å². The van der Waals surface area contributed by atoms with Crippen molar-refractivity contribution < 1.29 is 9.21 Å². The minimum absolute atomic E-state index is 0. The van der Waals surface area contributed by atoms with Crippen LogP contribution in [0.3, 0.4) is 0 Å². The van der Waals surface area contributed by atoms with E-state index in [4.69, 9.17) is 21.8 Å². The molecule has 0 fully saturated rings. The predicted octanol–water partition coefficient (Wildman–Crippen LogP) is 3.89. The molecular weight excluding hydrogens is 413 g/mol. The first-order chi connectivity index (χ1) is 13.3. The van der Waals surface area contributed by atoms with Crippen LogP contribution >= 0.6 is 24.0 Å². The van der Waals surface area contributed by atoms with Gasteiger partial charge in [-0.25, -0.2) is 9.67 Å². The quantitative estimate of drug-likeness (QED) is 0.583. The average Bonchev–Trinajstić information content (AvgIpc) is 3.26. The van der Waals surface area contributed by atoms with Crippen molar-refractivity contribution in [2.45, 2.75) is 39.9 Å². The van der Waals surface area contributed by atoms with Gasteiger partial charge < -0.3 is 15.5 Å². The third-order valence-corrected chi connectivity index (χ3v) is 4.58. The molecule has 2 heterocycles. The van der Waals surface area contributed by atoms with Gasteiger partial charge in [0.2, 0.25) is 5.91 Å². The molecule has 2 aromatic heterocycles. The van der Waals surface area contributed by atoms with E-state index in [0.717, 1.165) is 5.56 Å². The van der Waals surface area contributed by atoms with Gasteiger partial charge in [0, 0.05) is 10.6 Å². The van der Waals surface area contributed by atoms with Gasteiger partial charge >= 0.3 is 0 Å². The summed E-state index contributed by atoms with van der Waals surface area (Å²) in [5.74, 6) is 2.56. The van der Waals surface area contributed by atoms with Crippen molar-refractivity contribution in [2.75, 3.05) is 0 Å². The molecule has 0 saturated heterocycles. The second-order valence-electron chi connectivity index (χ2n) is 7.00. The second-order valence-corrected chi connectivity index (χ2v) is 7.43. The molecule has 0 aliphatic heterocycles. The maximum Gasteiger partial charge on any atom is 0.242 e. The van der Waals surface area contributed by atoms with Crippen molar-refractivity contribution in [1.29, 1.82) is 0 Å². The lowest BCUT2D eigenvalue weighted by Crippen LogP contribution is -2.30. The van der Waals surface area contributed by atoms with E-state index >= 15 is 0 Å². The molecule has 156 valence electrons. The van der Waals surface area contributed by atoms with Gasteiger partial charge in [-0.2, -0.15) is 5.10 Å². The first-order valence-corrected chi connectivity index (χ1v) is 9.49.